The van der Waals surface area contributed by atoms with Crippen LogP contribution in [0.25, 0.3) is 0 Å². The van der Waals surface area contributed by atoms with Gasteiger partial charge in [-0.3, -0.25) is 5.32 Å². The third-order valence-electron chi connectivity index (χ3n) is 4.17. The van der Waals surface area contributed by atoms with Crippen LogP contribution in [0.1, 0.15) is 18.9 Å². The van der Waals surface area contributed by atoms with E-state index in [0.29, 0.717) is 6.17 Å². The Kier molecular flexibility index (Phi) is 1.96. The van der Waals surface area contributed by atoms with Crippen molar-refractivity contribution in [1.82, 2.24) is 5.32 Å². The maximum atomic E-state index is 5.33. The molecule has 1 N–H and O–H groups in total. The van der Waals surface area contributed by atoms with Gasteiger partial charge in [-0.05, 0) is 36.7 Å². The summed E-state index contributed by atoms with van der Waals surface area (Å²) in [5.74, 6) is 0.959. The fourth-order valence-corrected chi connectivity index (χ4v) is 3.22. The number of rotatable bonds is 1. The van der Waals surface area contributed by atoms with Gasteiger partial charge < -0.3 is 9.64 Å². The summed E-state index contributed by atoms with van der Waals surface area (Å²) in [4.78, 5) is 2.35. The molecule has 86 valence electrons. The molecule has 0 bridgehead atoms. The van der Waals surface area contributed by atoms with Crippen molar-refractivity contribution in [1.29, 1.82) is 0 Å². The molecule has 16 heavy (non-hydrogen) atoms. The van der Waals surface area contributed by atoms with Crippen LogP contribution < -0.4 is 15.0 Å². The largest absolute Gasteiger partial charge is 0.497 e. The Hall–Kier alpha value is -1.22. The van der Waals surface area contributed by atoms with Crippen LogP contribution in [0.3, 0.4) is 0 Å². The lowest BCUT2D eigenvalue weighted by molar-refractivity contribution is 0.407. The summed E-state index contributed by atoms with van der Waals surface area (Å²) in [6, 6.07) is 6.40. The number of benzene rings is 1. The Morgan fingerprint density at radius 2 is 2.31 bits per heavy atom. The molecule has 0 aromatic heterocycles. The zero-order valence-corrected chi connectivity index (χ0v) is 10.1. The Balaban J connectivity index is 2.16. The average Bonchev–Trinajstić information content (AvgIpc) is 2.78. The highest BCUT2D eigenvalue weighted by Crippen LogP contribution is 2.48. The molecule has 0 amide bonds. The lowest BCUT2D eigenvalue weighted by atomic mass is 9.81. The van der Waals surface area contributed by atoms with Crippen LogP contribution >= 0.6 is 0 Å². The molecule has 1 saturated heterocycles. The fourth-order valence-electron chi connectivity index (χ4n) is 3.22. The van der Waals surface area contributed by atoms with E-state index in [-0.39, 0.29) is 5.41 Å². The van der Waals surface area contributed by atoms with Gasteiger partial charge in [0, 0.05) is 18.2 Å². The van der Waals surface area contributed by atoms with Gasteiger partial charge in [0.25, 0.3) is 0 Å². The number of anilines is 1. The van der Waals surface area contributed by atoms with E-state index in [0.717, 1.165) is 12.3 Å². The normalized spacial score (nSPS) is 31.4. The second-order valence-corrected chi connectivity index (χ2v) is 5.02. The van der Waals surface area contributed by atoms with Crippen molar-refractivity contribution in [3.05, 3.63) is 23.8 Å². The van der Waals surface area contributed by atoms with Crippen molar-refractivity contribution >= 4 is 5.69 Å². The van der Waals surface area contributed by atoms with Gasteiger partial charge in [-0.15, -0.1) is 0 Å². The van der Waals surface area contributed by atoms with Crippen LogP contribution in [0.2, 0.25) is 0 Å². The van der Waals surface area contributed by atoms with Gasteiger partial charge in [0.15, 0.2) is 0 Å². The molecule has 1 aromatic rings. The Labute approximate surface area is 96.4 Å². The first kappa shape index (κ1) is 9.97. The Bertz CT molecular complexity index is 432. The molecule has 1 aromatic carbocycles. The van der Waals surface area contributed by atoms with Gasteiger partial charge in [0.05, 0.1) is 13.3 Å². The third-order valence-corrected chi connectivity index (χ3v) is 4.17. The number of fused-ring (bicyclic) bond motifs is 3. The van der Waals surface area contributed by atoms with E-state index in [1.165, 1.54) is 17.7 Å². The molecule has 0 spiro atoms. The molecule has 3 heteroatoms. The molecule has 3 rings (SSSR count). The van der Waals surface area contributed by atoms with E-state index in [9.17, 15) is 0 Å². The molecular formula is C13H18N2O. The van der Waals surface area contributed by atoms with Crippen molar-refractivity contribution < 1.29 is 4.74 Å². The highest BCUT2D eigenvalue weighted by Gasteiger charge is 2.49. The SMILES string of the molecule is COc1ccc2c(c1)[C@@]1(C)CCN[C@H]1N2C. The molecule has 3 nitrogen and oxygen atoms in total. The highest BCUT2D eigenvalue weighted by molar-refractivity contribution is 5.66. The lowest BCUT2D eigenvalue weighted by Gasteiger charge is -2.27. The minimum atomic E-state index is 0.235. The molecule has 1 fully saturated rings. The van der Waals surface area contributed by atoms with E-state index in [1.807, 2.05) is 6.07 Å². The summed E-state index contributed by atoms with van der Waals surface area (Å²) in [6.07, 6.45) is 1.64. The third kappa shape index (κ3) is 1.07. The minimum absolute atomic E-state index is 0.235. The molecule has 0 unspecified atom stereocenters. The van der Waals surface area contributed by atoms with Gasteiger partial charge in [0.2, 0.25) is 0 Å². The van der Waals surface area contributed by atoms with E-state index < -0.39 is 0 Å². The monoisotopic (exact) mass is 218 g/mol. The first-order chi connectivity index (χ1) is 7.66. The maximum Gasteiger partial charge on any atom is 0.119 e. The molecule has 2 aliphatic heterocycles. The van der Waals surface area contributed by atoms with E-state index in [2.05, 4.69) is 36.3 Å². The summed E-state index contributed by atoms with van der Waals surface area (Å²) in [5, 5.41) is 3.58. The van der Waals surface area contributed by atoms with Crippen LogP contribution in [0.15, 0.2) is 18.2 Å². The minimum Gasteiger partial charge on any atom is -0.497 e. The number of ether oxygens (including phenoxy) is 1. The van der Waals surface area contributed by atoms with Crippen LogP contribution in [-0.2, 0) is 5.41 Å². The zero-order valence-electron chi connectivity index (χ0n) is 10.1. The summed E-state index contributed by atoms with van der Waals surface area (Å²) >= 11 is 0. The fraction of sp³-hybridized carbons (Fsp3) is 0.538. The zero-order chi connectivity index (χ0) is 11.3. The van der Waals surface area contributed by atoms with E-state index >= 15 is 0 Å². The van der Waals surface area contributed by atoms with Gasteiger partial charge >= 0.3 is 0 Å². The average molecular weight is 218 g/mol. The maximum absolute atomic E-state index is 5.33. The second kappa shape index (κ2) is 3.14. The summed E-state index contributed by atoms with van der Waals surface area (Å²) in [5.41, 5.74) is 2.99. The number of likely N-dealkylation sites (N-methyl/N-ethyl adjacent to an activating group) is 1. The molecular weight excluding hydrogens is 200 g/mol. The summed E-state index contributed by atoms with van der Waals surface area (Å²) in [6.45, 7) is 3.45. The van der Waals surface area contributed by atoms with Crippen LogP contribution in [0.4, 0.5) is 5.69 Å². The first-order valence-electron chi connectivity index (χ1n) is 5.81. The lowest BCUT2D eigenvalue weighted by Crippen LogP contribution is -2.44. The number of methoxy groups -OCH3 is 1. The van der Waals surface area contributed by atoms with Gasteiger partial charge in [-0.25, -0.2) is 0 Å². The highest BCUT2D eigenvalue weighted by atomic mass is 16.5. The van der Waals surface area contributed by atoms with Crippen molar-refractivity contribution in [2.75, 3.05) is 25.6 Å². The topological polar surface area (TPSA) is 24.5 Å². The smallest absolute Gasteiger partial charge is 0.119 e. The molecule has 2 atom stereocenters. The number of hydrogen-bond acceptors (Lipinski definition) is 3. The predicted molar refractivity (Wildman–Crippen MR) is 65.2 cm³/mol. The molecule has 0 radical (unpaired) electrons. The number of nitrogens with one attached hydrogen (secondary N) is 1. The van der Waals surface area contributed by atoms with Gasteiger partial charge in [-0.1, -0.05) is 6.92 Å². The van der Waals surface area contributed by atoms with Gasteiger partial charge in [-0.2, -0.15) is 0 Å². The Morgan fingerprint density at radius 1 is 1.50 bits per heavy atom. The van der Waals surface area contributed by atoms with Crippen LogP contribution in [-0.4, -0.2) is 26.9 Å². The Morgan fingerprint density at radius 3 is 3.06 bits per heavy atom. The quantitative estimate of drug-likeness (QED) is 0.777. The van der Waals surface area contributed by atoms with Crippen LogP contribution in [0.5, 0.6) is 5.75 Å². The second-order valence-electron chi connectivity index (χ2n) is 5.02. The van der Waals surface area contributed by atoms with Crippen molar-refractivity contribution in [3.8, 4) is 5.75 Å². The molecule has 2 heterocycles. The molecule has 2 aliphatic rings. The van der Waals surface area contributed by atoms with E-state index in [4.69, 9.17) is 4.74 Å². The number of nitrogens with zero attached hydrogens (tertiary/aromatic N) is 1. The molecule has 0 saturated carbocycles. The first-order valence-corrected chi connectivity index (χ1v) is 5.81. The van der Waals surface area contributed by atoms with Crippen molar-refractivity contribution in [2.24, 2.45) is 0 Å². The standard InChI is InChI=1S/C13H18N2O/c1-13-6-7-14-12(13)15(2)11-5-4-9(16-3)8-10(11)13/h4-5,8,12,14H,6-7H2,1-3H3/t12-,13+/m0/s1. The molecule has 0 aliphatic carbocycles. The van der Waals surface area contributed by atoms with Crippen LogP contribution in [0, 0.1) is 0 Å². The summed E-state index contributed by atoms with van der Waals surface area (Å²) < 4.78 is 5.33. The summed E-state index contributed by atoms with van der Waals surface area (Å²) in [7, 11) is 3.90. The predicted octanol–water partition coefficient (Wildman–Crippen LogP) is 1.72. The van der Waals surface area contributed by atoms with Crippen molar-refractivity contribution in [3.63, 3.8) is 0 Å². The van der Waals surface area contributed by atoms with Gasteiger partial charge in [0.1, 0.15) is 5.75 Å². The van der Waals surface area contributed by atoms with Crippen molar-refractivity contribution in [2.45, 2.75) is 24.9 Å². The number of hydrogen-bond donors (Lipinski definition) is 1. The van der Waals surface area contributed by atoms with E-state index in [1.54, 1.807) is 7.11 Å².